The number of hydrogen-bond donors (Lipinski definition) is 2. The van der Waals surface area contributed by atoms with Gasteiger partial charge in [-0.05, 0) is 24.3 Å². The van der Waals surface area contributed by atoms with Crippen LogP contribution >= 0.6 is 12.4 Å². The van der Waals surface area contributed by atoms with Gasteiger partial charge in [0.05, 0.1) is 0 Å². The molecule has 0 spiro atoms. The largest absolute Gasteiger partial charge is 0.351 e. The van der Waals surface area contributed by atoms with Crippen molar-refractivity contribution in [1.29, 1.82) is 0 Å². The van der Waals surface area contributed by atoms with Crippen molar-refractivity contribution in [2.75, 3.05) is 0 Å². The standard InChI is InChI=1S/C14H20N2O.ClH/c1-2-6-11-9-12(11)16-14(17)13(15)10-7-4-3-5-8-10;/h3-5,7-8,11-13H,2,6,9,15H2,1H3,(H,16,17);1H. The van der Waals surface area contributed by atoms with Gasteiger partial charge in [-0.2, -0.15) is 0 Å². The molecule has 0 aliphatic heterocycles. The van der Waals surface area contributed by atoms with Gasteiger partial charge in [-0.3, -0.25) is 4.79 Å². The Labute approximate surface area is 115 Å². The number of amides is 1. The SMILES string of the molecule is CCCC1CC1NC(=O)C(N)c1ccccc1.Cl. The van der Waals surface area contributed by atoms with Crippen LogP contribution in [0.2, 0.25) is 0 Å². The van der Waals surface area contributed by atoms with Crippen molar-refractivity contribution in [2.24, 2.45) is 11.7 Å². The first-order valence-electron chi connectivity index (χ1n) is 6.33. The summed E-state index contributed by atoms with van der Waals surface area (Å²) >= 11 is 0. The lowest BCUT2D eigenvalue weighted by atomic mass is 10.1. The van der Waals surface area contributed by atoms with Crippen LogP contribution in [0, 0.1) is 5.92 Å². The molecular weight excluding hydrogens is 248 g/mol. The van der Waals surface area contributed by atoms with Crippen LogP contribution in [0.1, 0.15) is 37.8 Å². The number of carbonyl (C=O) groups is 1. The average Bonchev–Trinajstić information content (AvgIpc) is 3.08. The summed E-state index contributed by atoms with van der Waals surface area (Å²) in [5, 5.41) is 3.02. The molecule has 18 heavy (non-hydrogen) atoms. The van der Waals surface area contributed by atoms with E-state index in [2.05, 4.69) is 12.2 Å². The second-order valence-corrected chi connectivity index (χ2v) is 4.79. The molecule has 1 aromatic carbocycles. The lowest BCUT2D eigenvalue weighted by molar-refractivity contribution is -0.122. The van der Waals surface area contributed by atoms with Crippen molar-refractivity contribution < 1.29 is 4.79 Å². The number of benzene rings is 1. The second-order valence-electron chi connectivity index (χ2n) is 4.79. The fourth-order valence-corrected chi connectivity index (χ4v) is 2.20. The van der Waals surface area contributed by atoms with Gasteiger partial charge in [0.1, 0.15) is 6.04 Å². The van der Waals surface area contributed by atoms with E-state index in [1.54, 1.807) is 0 Å². The lowest BCUT2D eigenvalue weighted by Crippen LogP contribution is -2.36. The average molecular weight is 269 g/mol. The van der Waals surface area contributed by atoms with Crippen LogP contribution in [0.5, 0.6) is 0 Å². The Morgan fingerprint density at radius 3 is 2.72 bits per heavy atom. The van der Waals surface area contributed by atoms with E-state index in [1.165, 1.54) is 12.8 Å². The van der Waals surface area contributed by atoms with Crippen molar-refractivity contribution in [2.45, 2.75) is 38.3 Å². The van der Waals surface area contributed by atoms with Crippen LogP contribution < -0.4 is 11.1 Å². The third kappa shape index (κ3) is 3.72. The second kappa shape index (κ2) is 6.76. The van der Waals surface area contributed by atoms with Gasteiger partial charge in [-0.1, -0.05) is 43.7 Å². The Hall–Kier alpha value is -1.06. The van der Waals surface area contributed by atoms with Gasteiger partial charge < -0.3 is 11.1 Å². The van der Waals surface area contributed by atoms with Crippen molar-refractivity contribution in [3.05, 3.63) is 35.9 Å². The molecule has 3 unspecified atom stereocenters. The van der Waals surface area contributed by atoms with Crippen molar-refractivity contribution in [1.82, 2.24) is 5.32 Å². The highest BCUT2D eigenvalue weighted by Gasteiger charge is 2.37. The van der Waals surface area contributed by atoms with E-state index in [-0.39, 0.29) is 18.3 Å². The Bertz CT molecular complexity index is 383. The minimum atomic E-state index is -0.543. The quantitative estimate of drug-likeness (QED) is 0.862. The summed E-state index contributed by atoms with van der Waals surface area (Å²) in [6.07, 6.45) is 3.49. The monoisotopic (exact) mass is 268 g/mol. The highest BCUT2D eigenvalue weighted by molar-refractivity contribution is 5.85. The molecule has 1 saturated carbocycles. The summed E-state index contributed by atoms with van der Waals surface area (Å²) < 4.78 is 0. The van der Waals surface area contributed by atoms with E-state index < -0.39 is 6.04 Å². The summed E-state index contributed by atoms with van der Waals surface area (Å²) in [6.45, 7) is 2.17. The van der Waals surface area contributed by atoms with Crippen LogP contribution in [0.15, 0.2) is 30.3 Å². The molecule has 1 amide bonds. The van der Waals surface area contributed by atoms with Crippen molar-refractivity contribution >= 4 is 18.3 Å². The zero-order chi connectivity index (χ0) is 12.3. The Morgan fingerprint density at radius 2 is 2.11 bits per heavy atom. The number of halogens is 1. The van der Waals surface area contributed by atoms with E-state index >= 15 is 0 Å². The number of nitrogens with one attached hydrogen (secondary N) is 1. The number of nitrogens with two attached hydrogens (primary N) is 1. The number of hydrogen-bond acceptors (Lipinski definition) is 2. The summed E-state index contributed by atoms with van der Waals surface area (Å²) in [5.74, 6) is 0.617. The molecule has 1 aliphatic rings. The molecule has 0 heterocycles. The van der Waals surface area contributed by atoms with Crippen LogP contribution in [0.25, 0.3) is 0 Å². The van der Waals surface area contributed by atoms with Crippen LogP contribution in [0.4, 0.5) is 0 Å². The fraction of sp³-hybridized carbons (Fsp3) is 0.500. The molecule has 1 aromatic rings. The predicted molar refractivity (Wildman–Crippen MR) is 75.6 cm³/mol. The molecule has 0 bridgehead atoms. The van der Waals surface area contributed by atoms with E-state index in [0.29, 0.717) is 12.0 Å². The highest BCUT2D eigenvalue weighted by Crippen LogP contribution is 2.34. The zero-order valence-corrected chi connectivity index (χ0v) is 11.5. The third-order valence-electron chi connectivity index (χ3n) is 3.35. The van der Waals surface area contributed by atoms with Crippen LogP contribution in [0.3, 0.4) is 0 Å². The van der Waals surface area contributed by atoms with E-state index in [9.17, 15) is 4.79 Å². The maximum atomic E-state index is 11.9. The first-order chi connectivity index (χ1) is 8.22. The van der Waals surface area contributed by atoms with E-state index in [1.807, 2.05) is 30.3 Å². The molecular formula is C14H21ClN2O. The molecule has 2 rings (SSSR count). The first kappa shape index (κ1) is 15.0. The van der Waals surface area contributed by atoms with Gasteiger partial charge in [0.15, 0.2) is 0 Å². The number of rotatable bonds is 5. The summed E-state index contributed by atoms with van der Waals surface area (Å²) in [4.78, 5) is 11.9. The molecule has 3 atom stereocenters. The maximum absolute atomic E-state index is 11.9. The van der Waals surface area contributed by atoms with Crippen molar-refractivity contribution in [3.63, 3.8) is 0 Å². The molecule has 0 saturated heterocycles. The summed E-state index contributed by atoms with van der Waals surface area (Å²) in [7, 11) is 0. The summed E-state index contributed by atoms with van der Waals surface area (Å²) in [5.41, 5.74) is 6.79. The molecule has 0 aromatic heterocycles. The molecule has 4 heteroatoms. The summed E-state index contributed by atoms with van der Waals surface area (Å²) in [6, 6.07) is 9.32. The topological polar surface area (TPSA) is 55.1 Å². The Balaban J connectivity index is 0.00000162. The molecule has 3 N–H and O–H groups in total. The van der Waals surface area contributed by atoms with Gasteiger partial charge in [0.25, 0.3) is 0 Å². The Kier molecular flexibility index (Phi) is 5.63. The molecule has 3 nitrogen and oxygen atoms in total. The van der Waals surface area contributed by atoms with Crippen LogP contribution in [-0.2, 0) is 4.79 Å². The highest BCUT2D eigenvalue weighted by atomic mass is 35.5. The minimum absolute atomic E-state index is 0. The van der Waals surface area contributed by atoms with Gasteiger partial charge in [0.2, 0.25) is 5.91 Å². The van der Waals surface area contributed by atoms with Crippen LogP contribution in [-0.4, -0.2) is 11.9 Å². The lowest BCUT2D eigenvalue weighted by Gasteiger charge is -2.12. The van der Waals surface area contributed by atoms with Gasteiger partial charge in [-0.15, -0.1) is 12.4 Å². The normalized spacial score (nSPS) is 22.8. The first-order valence-corrected chi connectivity index (χ1v) is 6.33. The van der Waals surface area contributed by atoms with E-state index in [0.717, 1.165) is 12.0 Å². The van der Waals surface area contributed by atoms with Gasteiger partial charge in [-0.25, -0.2) is 0 Å². The minimum Gasteiger partial charge on any atom is -0.351 e. The van der Waals surface area contributed by atoms with Gasteiger partial charge >= 0.3 is 0 Å². The number of carbonyl (C=O) groups excluding carboxylic acids is 1. The van der Waals surface area contributed by atoms with Gasteiger partial charge in [0, 0.05) is 6.04 Å². The smallest absolute Gasteiger partial charge is 0.241 e. The third-order valence-corrected chi connectivity index (χ3v) is 3.35. The molecule has 1 aliphatic carbocycles. The van der Waals surface area contributed by atoms with Crippen molar-refractivity contribution in [3.8, 4) is 0 Å². The molecule has 100 valence electrons. The molecule has 1 fully saturated rings. The van der Waals surface area contributed by atoms with E-state index in [4.69, 9.17) is 5.73 Å². The fourth-order valence-electron chi connectivity index (χ4n) is 2.20. The Morgan fingerprint density at radius 1 is 1.44 bits per heavy atom. The predicted octanol–water partition coefficient (Wildman–Crippen LogP) is 2.41. The maximum Gasteiger partial charge on any atom is 0.241 e. The zero-order valence-electron chi connectivity index (χ0n) is 10.6. The molecule has 0 radical (unpaired) electrons.